The van der Waals surface area contributed by atoms with Crippen molar-refractivity contribution in [1.29, 1.82) is 0 Å². The van der Waals surface area contributed by atoms with Crippen molar-refractivity contribution < 1.29 is 39.5 Å². The van der Waals surface area contributed by atoms with E-state index in [1.165, 1.54) is 6.92 Å². The number of nitrogens with one attached hydrogen (secondary N) is 1. The lowest BCUT2D eigenvalue weighted by Crippen LogP contribution is -2.42. The summed E-state index contributed by atoms with van der Waals surface area (Å²) < 4.78 is 4.90. The quantitative estimate of drug-likeness (QED) is 0.258. The maximum atomic E-state index is 10.5. The van der Waals surface area contributed by atoms with Gasteiger partial charge in [-0.05, 0) is 0 Å². The van der Waals surface area contributed by atoms with Crippen molar-refractivity contribution in [3.05, 3.63) is 0 Å². The minimum absolute atomic E-state index is 0.00722. The van der Waals surface area contributed by atoms with Crippen LogP contribution in [0.25, 0.3) is 0 Å². The molecule has 142 valence electrons. The van der Waals surface area contributed by atoms with Gasteiger partial charge in [0.1, 0.15) is 6.10 Å². The summed E-state index contributed by atoms with van der Waals surface area (Å²) in [6.07, 6.45) is -1.52. The van der Waals surface area contributed by atoms with Gasteiger partial charge in [0.15, 0.2) is 0 Å². The zero-order chi connectivity index (χ0) is 19.1. The molecule has 3 amide bonds. The minimum Gasteiger partial charge on any atom is -0.396 e. The van der Waals surface area contributed by atoms with Gasteiger partial charge in [-0.1, -0.05) is 0 Å². The molecule has 0 aromatic carbocycles. The Morgan fingerprint density at radius 2 is 1.75 bits per heavy atom. The maximum absolute atomic E-state index is 10.5. The molecule has 0 spiro atoms. The number of rotatable bonds is 5. The molecule has 1 fully saturated rings. The molecule has 9 N–H and O–H groups in total. The second-order valence-electron chi connectivity index (χ2n) is 4.84. The second kappa shape index (κ2) is 14.8. The molecular formula is C13H27N3O8. The molecule has 1 rings (SSSR count). The van der Waals surface area contributed by atoms with Crippen LogP contribution in [0.2, 0.25) is 0 Å². The minimum atomic E-state index is -0.728. The summed E-state index contributed by atoms with van der Waals surface area (Å²) in [4.78, 5) is 29.7. The fourth-order valence-electron chi connectivity index (χ4n) is 1.39. The highest BCUT2D eigenvalue weighted by Gasteiger charge is 2.27. The van der Waals surface area contributed by atoms with Crippen LogP contribution in [0.1, 0.15) is 19.8 Å². The molecule has 24 heavy (non-hydrogen) atoms. The highest BCUT2D eigenvalue weighted by atomic mass is 16.5. The zero-order valence-corrected chi connectivity index (χ0v) is 13.6. The van der Waals surface area contributed by atoms with Crippen molar-refractivity contribution in [3.8, 4) is 0 Å². The summed E-state index contributed by atoms with van der Waals surface area (Å²) in [7, 11) is 0. The first kappa shape index (κ1) is 24.5. The second-order valence-corrected chi connectivity index (χ2v) is 4.84. The molecular weight excluding hydrogens is 326 g/mol. The Morgan fingerprint density at radius 3 is 2.12 bits per heavy atom. The van der Waals surface area contributed by atoms with Crippen molar-refractivity contribution >= 4 is 17.7 Å². The van der Waals surface area contributed by atoms with E-state index < -0.39 is 24.2 Å². The molecule has 3 atom stereocenters. The highest BCUT2D eigenvalue weighted by molar-refractivity contribution is 5.83. The highest BCUT2D eigenvalue weighted by Crippen LogP contribution is 2.13. The fourth-order valence-corrected chi connectivity index (χ4v) is 1.39. The number of carbonyl (C=O) groups excluding carboxylic acids is 3. The van der Waals surface area contributed by atoms with Crippen LogP contribution in [0, 0.1) is 0 Å². The number of amides is 3. The van der Waals surface area contributed by atoms with Gasteiger partial charge in [-0.25, -0.2) is 0 Å². The van der Waals surface area contributed by atoms with Crippen LogP contribution in [0.5, 0.6) is 0 Å². The van der Waals surface area contributed by atoms with Gasteiger partial charge >= 0.3 is 0 Å². The van der Waals surface area contributed by atoms with Gasteiger partial charge in [-0.2, -0.15) is 0 Å². The number of ether oxygens (including phenoxy) is 1. The number of hydrogen-bond donors (Lipinski definition) is 7. The molecule has 0 aromatic heterocycles. The summed E-state index contributed by atoms with van der Waals surface area (Å²) in [5.41, 5.74) is 9.19. The summed E-state index contributed by atoms with van der Waals surface area (Å²) in [5.74, 6) is -1.30. The van der Waals surface area contributed by atoms with Gasteiger partial charge in [0.05, 0.1) is 38.6 Å². The molecule has 0 saturated carbocycles. The van der Waals surface area contributed by atoms with E-state index in [-0.39, 0.29) is 44.6 Å². The summed E-state index contributed by atoms with van der Waals surface area (Å²) >= 11 is 0. The third-order valence-electron chi connectivity index (χ3n) is 2.42. The molecule has 11 nitrogen and oxygen atoms in total. The molecule has 1 heterocycles. The van der Waals surface area contributed by atoms with E-state index in [0.717, 1.165) is 0 Å². The number of carbonyl (C=O) groups is 3. The van der Waals surface area contributed by atoms with Crippen LogP contribution in [0.4, 0.5) is 0 Å². The van der Waals surface area contributed by atoms with Crippen LogP contribution < -0.4 is 16.8 Å². The van der Waals surface area contributed by atoms with Crippen LogP contribution in [-0.2, 0) is 19.1 Å². The lowest BCUT2D eigenvalue weighted by atomic mass is 10.0. The van der Waals surface area contributed by atoms with Gasteiger partial charge in [0.2, 0.25) is 17.7 Å². The monoisotopic (exact) mass is 353 g/mol. The predicted octanol–water partition coefficient (Wildman–Crippen LogP) is -4.05. The van der Waals surface area contributed by atoms with E-state index in [9.17, 15) is 14.4 Å². The fraction of sp³-hybridized carbons (Fsp3) is 0.769. The molecule has 1 aliphatic heterocycles. The Bertz CT molecular complexity index is 376. The average molecular weight is 353 g/mol. The number of nitrogens with two attached hydrogens (primary N) is 2. The Kier molecular flexibility index (Phi) is 15.1. The van der Waals surface area contributed by atoms with Crippen molar-refractivity contribution in [3.63, 3.8) is 0 Å². The Morgan fingerprint density at radius 1 is 1.21 bits per heavy atom. The summed E-state index contributed by atoms with van der Waals surface area (Å²) in [5, 5.41) is 37.0. The van der Waals surface area contributed by atoms with Crippen molar-refractivity contribution in [2.75, 3.05) is 26.4 Å². The third kappa shape index (κ3) is 16.6. The SMILES string of the molecule is CC(N)=O.NC(=O)CNC(=O)CCO.OC[C@H]1OCC(O)CC1O. The van der Waals surface area contributed by atoms with Crippen LogP contribution in [-0.4, -0.2) is 82.8 Å². The summed E-state index contributed by atoms with van der Waals surface area (Å²) in [6, 6.07) is 0. The number of hydrogen-bond acceptors (Lipinski definition) is 8. The van der Waals surface area contributed by atoms with Gasteiger partial charge in [0.25, 0.3) is 0 Å². The summed E-state index contributed by atoms with van der Waals surface area (Å²) in [6.45, 7) is 0.944. The molecule has 1 aliphatic rings. The Labute approximate surface area is 139 Å². The molecule has 1 saturated heterocycles. The number of aliphatic hydroxyl groups is 4. The van der Waals surface area contributed by atoms with E-state index in [0.29, 0.717) is 6.42 Å². The lowest BCUT2D eigenvalue weighted by Gasteiger charge is -2.29. The van der Waals surface area contributed by atoms with Crippen molar-refractivity contribution in [1.82, 2.24) is 5.32 Å². The van der Waals surface area contributed by atoms with Gasteiger partial charge < -0.3 is 41.9 Å². The molecule has 0 radical (unpaired) electrons. The molecule has 0 aliphatic carbocycles. The lowest BCUT2D eigenvalue weighted by molar-refractivity contribution is -0.136. The number of primary amides is 2. The smallest absolute Gasteiger partial charge is 0.236 e. The van der Waals surface area contributed by atoms with E-state index in [1.807, 2.05) is 0 Å². The normalized spacial score (nSPS) is 22.1. The average Bonchev–Trinajstić information content (AvgIpc) is 2.46. The van der Waals surface area contributed by atoms with Gasteiger partial charge in [0, 0.05) is 19.8 Å². The first-order chi connectivity index (χ1) is 11.1. The van der Waals surface area contributed by atoms with Gasteiger partial charge in [-0.3, -0.25) is 14.4 Å². The van der Waals surface area contributed by atoms with E-state index in [4.69, 9.17) is 30.9 Å². The van der Waals surface area contributed by atoms with E-state index in [2.05, 4.69) is 11.1 Å². The van der Waals surface area contributed by atoms with E-state index in [1.54, 1.807) is 0 Å². The van der Waals surface area contributed by atoms with Crippen LogP contribution in [0.15, 0.2) is 0 Å². The topological polar surface area (TPSA) is 205 Å². The third-order valence-corrected chi connectivity index (χ3v) is 2.42. The first-order valence-corrected chi connectivity index (χ1v) is 7.14. The Hall–Kier alpha value is -1.79. The van der Waals surface area contributed by atoms with Crippen molar-refractivity contribution in [2.45, 2.75) is 38.1 Å². The largest absolute Gasteiger partial charge is 0.396 e. The molecule has 2 unspecified atom stereocenters. The molecule has 0 bridgehead atoms. The standard InChI is InChI=1S/C6H12O4.C5H10N2O3.C2H5NO/c7-2-6-5(9)1-4(8)3-10-6;6-4(9)3-7-5(10)1-2-8;1-2(3)4/h4-9H,1-3H2;8H,1-3H2,(H2,6,9)(H,7,10);1H3,(H2,3,4)/t4?,5?,6-;;/m1../s1. The van der Waals surface area contributed by atoms with Crippen LogP contribution in [0.3, 0.4) is 0 Å². The predicted molar refractivity (Wildman–Crippen MR) is 82.2 cm³/mol. The zero-order valence-electron chi connectivity index (χ0n) is 13.6. The van der Waals surface area contributed by atoms with Gasteiger partial charge in [-0.15, -0.1) is 0 Å². The molecule has 0 aromatic rings. The Balaban J connectivity index is 0. The van der Waals surface area contributed by atoms with Crippen molar-refractivity contribution in [2.24, 2.45) is 11.5 Å². The van der Waals surface area contributed by atoms with E-state index >= 15 is 0 Å². The van der Waals surface area contributed by atoms with Crippen LogP contribution >= 0.6 is 0 Å². The molecule has 11 heteroatoms. The number of aliphatic hydroxyl groups excluding tert-OH is 4. The maximum Gasteiger partial charge on any atom is 0.236 e. The first-order valence-electron chi connectivity index (χ1n) is 7.14.